The van der Waals surface area contributed by atoms with Gasteiger partial charge in [0.15, 0.2) is 0 Å². The standard InChI is InChI=1S/C15H19NO4/c1-15(2,20-3)14(19)16-9-10(8-13(17)18)11-6-4-5-7-12(11)16/h4-7,10H,8-9H2,1-3H3,(H,17,18). The van der Waals surface area contributed by atoms with E-state index >= 15 is 0 Å². The molecule has 0 aliphatic carbocycles. The second-order valence-electron chi connectivity index (χ2n) is 5.48. The van der Waals surface area contributed by atoms with Crippen molar-refractivity contribution in [3.63, 3.8) is 0 Å². The van der Waals surface area contributed by atoms with Crippen LogP contribution in [0.1, 0.15) is 31.7 Å². The number of para-hydroxylation sites is 1. The number of rotatable bonds is 4. The van der Waals surface area contributed by atoms with Gasteiger partial charge in [0.1, 0.15) is 5.60 Å². The van der Waals surface area contributed by atoms with Crippen LogP contribution in [0.2, 0.25) is 0 Å². The number of fused-ring (bicyclic) bond motifs is 1. The molecule has 0 saturated carbocycles. The van der Waals surface area contributed by atoms with Gasteiger partial charge < -0.3 is 14.7 Å². The summed E-state index contributed by atoms with van der Waals surface area (Å²) in [5.74, 6) is -1.18. The van der Waals surface area contributed by atoms with Gasteiger partial charge in [-0.1, -0.05) is 18.2 Å². The number of carboxylic acids is 1. The van der Waals surface area contributed by atoms with Crippen molar-refractivity contribution in [1.29, 1.82) is 0 Å². The molecule has 1 amide bonds. The maximum Gasteiger partial charge on any atom is 0.304 e. The molecule has 2 rings (SSSR count). The van der Waals surface area contributed by atoms with Crippen molar-refractivity contribution in [3.8, 4) is 0 Å². The summed E-state index contributed by atoms with van der Waals surface area (Å²) in [7, 11) is 1.49. The summed E-state index contributed by atoms with van der Waals surface area (Å²) < 4.78 is 5.24. The summed E-state index contributed by atoms with van der Waals surface area (Å²) >= 11 is 0. The number of carbonyl (C=O) groups is 2. The highest BCUT2D eigenvalue weighted by Gasteiger charge is 2.39. The van der Waals surface area contributed by atoms with Crippen LogP contribution in [0.4, 0.5) is 5.69 Å². The highest BCUT2D eigenvalue weighted by atomic mass is 16.5. The fourth-order valence-corrected chi connectivity index (χ4v) is 2.49. The van der Waals surface area contributed by atoms with Crippen molar-refractivity contribution in [2.45, 2.75) is 31.8 Å². The van der Waals surface area contributed by atoms with Gasteiger partial charge in [0.2, 0.25) is 0 Å². The zero-order valence-corrected chi connectivity index (χ0v) is 11.9. The molecule has 5 nitrogen and oxygen atoms in total. The van der Waals surface area contributed by atoms with Crippen LogP contribution < -0.4 is 4.90 Å². The monoisotopic (exact) mass is 277 g/mol. The van der Waals surface area contributed by atoms with Crippen molar-refractivity contribution in [3.05, 3.63) is 29.8 Å². The van der Waals surface area contributed by atoms with Crippen molar-refractivity contribution in [1.82, 2.24) is 0 Å². The molecule has 108 valence electrons. The molecular weight excluding hydrogens is 258 g/mol. The Morgan fingerprint density at radius 2 is 2.05 bits per heavy atom. The second kappa shape index (κ2) is 5.25. The summed E-state index contributed by atoms with van der Waals surface area (Å²) in [4.78, 5) is 25.1. The molecule has 1 atom stereocenters. The fourth-order valence-electron chi connectivity index (χ4n) is 2.49. The minimum absolute atomic E-state index is 0.0220. The van der Waals surface area contributed by atoms with E-state index in [4.69, 9.17) is 9.84 Å². The zero-order chi connectivity index (χ0) is 14.9. The molecule has 1 unspecified atom stereocenters. The van der Waals surface area contributed by atoms with E-state index in [-0.39, 0.29) is 18.2 Å². The van der Waals surface area contributed by atoms with E-state index in [2.05, 4.69) is 0 Å². The Morgan fingerprint density at radius 1 is 1.40 bits per heavy atom. The molecule has 0 radical (unpaired) electrons. The Morgan fingerprint density at radius 3 is 2.65 bits per heavy atom. The third-order valence-corrected chi connectivity index (χ3v) is 3.76. The average Bonchev–Trinajstić information content (AvgIpc) is 2.76. The van der Waals surface area contributed by atoms with Gasteiger partial charge in [-0.25, -0.2) is 0 Å². The lowest BCUT2D eigenvalue weighted by Gasteiger charge is -2.28. The summed E-state index contributed by atoms with van der Waals surface area (Å²) in [5, 5.41) is 9.00. The highest BCUT2D eigenvalue weighted by Crippen LogP contribution is 2.39. The summed E-state index contributed by atoms with van der Waals surface area (Å²) in [6.07, 6.45) is 0.0220. The van der Waals surface area contributed by atoms with E-state index in [1.54, 1.807) is 18.7 Å². The van der Waals surface area contributed by atoms with Crippen molar-refractivity contribution in [2.24, 2.45) is 0 Å². The Bertz CT molecular complexity index is 538. The van der Waals surface area contributed by atoms with Gasteiger partial charge in [-0.05, 0) is 25.5 Å². The maximum atomic E-state index is 12.5. The minimum Gasteiger partial charge on any atom is -0.481 e. The quantitative estimate of drug-likeness (QED) is 0.914. The first-order chi connectivity index (χ1) is 9.36. The third kappa shape index (κ3) is 2.54. The summed E-state index contributed by atoms with van der Waals surface area (Å²) in [6.45, 7) is 3.81. The Balaban J connectivity index is 2.34. The number of aliphatic carboxylic acids is 1. The van der Waals surface area contributed by atoms with Gasteiger partial charge in [-0.15, -0.1) is 0 Å². The lowest BCUT2D eigenvalue weighted by Crippen LogP contribution is -2.46. The molecule has 0 saturated heterocycles. The molecule has 1 heterocycles. The lowest BCUT2D eigenvalue weighted by molar-refractivity contribution is -0.138. The largest absolute Gasteiger partial charge is 0.481 e. The highest BCUT2D eigenvalue weighted by molar-refractivity contribution is 6.01. The molecule has 20 heavy (non-hydrogen) atoms. The van der Waals surface area contributed by atoms with Gasteiger partial charge >= 0.3 is 5.97 Å². The van der Waals surface area contributed by atoms with E-state index in [9.17, 15) is 9.59 Å². The smallest absolute Gasteiger partial charge is 0.304 e. The number of benzene rings is 1. The normalized spacial score (nSPS) is 17.9. The van der Waals surface area contributed by atoms with E-state index in [1.807, 2.05) is 24.3 Å². The lowest BCUT2D eigenvalue weighted by atomic mass is 9.98. The van der Waals surface area contributed by atoms with Crippen LogP contribution in [0.25, 0.3) is 0 Å². The number of amides is 1. The molecule has 0 fully saturated rings. The Kier molecular flexibility index (Phi) is 3.81. The maximum absolute atomic E-state index is 12.5. The molecule has 1 aromatic carbocycles. The first-order valence-corrected chi connectivity index (χ1v) is 6.54. The van der Waals surface area contributed by atoms with Crippen LogP contribution in [0.5, 0.6) is 0 Å². The van der Waals surface area contributed by atoms with Gasteiger partial charge in [0, 0.05) is 25.3 Å². The predicted octanol–water partition coefficient (Wildman–Crippen LogP) is 2.02. The SMILES string of the molecule is COC(C)(C)C(=O)N1CC(CC(=O)O)c2ccccc21. The molecular formula is C15H19NO4. The topological polar surface area (TPSA) is 66.8 Å². The number of ether oxygens (including phenoxy) is 1. The third-order valence-electron chi connectivity index (χ3n) is 3.76. The number of methoxy groups -OCH3 is 1. The minimum atomic E-state index is -0.925. The van der Waals surface area contributed by atoms with Crippen LogP contribution in [0, 0.1) is 0 Å². The predicted molar refractivity (Wildman–Crippen MR) is 74.9 cm³/mol. The molecule has 1 aliphatic heterocycles. The summed E-state index contributed by atoms with van der Waals surface area (Å²) in [5.41, 5.74) is 0.773. The van der Waals surface area contributed by atoms with Gasteiger partial charge in [0.25, 0.3) is 5.91 Å². The number of hydrogen-bond acceptors (Lipinski definition) is 3. The summed E-state index contributed by atoms with van der Waals surface area (Å²) in [6, 6.07) is 7.45. The number of anilines is 1. The molecule has 1 N–H and O–H groups in total. The molecule has 0 bridgehead atoms. The first-order valence-electron chi connectivity index (χ1n) is 6.54. The van der Waals surface area contributed by atoms with E-state index in [0.29, 0.717) is 6.54 Å². The Labute approximate surface area is 118 Å². The number of carboxylic acid groups (broad SMARTS) is 1. The number of carbonyl (C=O) groups excluding carboxylic acids is 1. The van der Waals surface area contributed by atoms with Crippen LogP contribution in [0.15, 0.2) is 24.3 Å². The fraction of sp³-hybridized carbons (Fsp3) is 0.467. The van der Waals surface area contributed by atoms with Crippen LogP contribution in [-0.2, 0) is 14.3 Å². The average molecular weight is 277 g/mol. The van der Waals surface area contributed by atoms with Crippen LogP contribution in [0.3, 0.4) is 0 Å². The molecule has 0 spiro atoms. The molecule has 1 aliphatic rings. The first kappa shape index (κ1) is 14.5. The van der Waals surface area contributed by atoms with Gasteiger partial charge in [-0.2, -0.15) is 0 Å². The van der Waals surface area contributed by atoms with Crippen LogP contribution in [-0.4, -0.2) is 36.2 Å². The number of hydrogen-bond donors (Lipinski definition) is 1. The molecule has 5 heteroatoms. The van der Waals surface area contributed by atoms with Crippen molar-refractivity contribution in [2.75, 3.05) is 18.6 Å². The van der Waals surface area contributed by atoms with E-state index in [0.717, 1.165) is 11.3 Å². The van der Waals surface area contributed by atoms with E-state index in [1.165, 1.54) is 7.11 Å². The van der Waals surface area contributed by atoms with Gasteiger partial charge in [0.05, 0.1) is 6.42 Å². The molecule has 1 aromatic rings. The second-order valence-corrected chi connectivity index (χ2v) is 5.48. The van der Waals surface area contributed by atoms with Crippen molar-refractivity contribution < 1.29 is 19.4 Å². The zero-order valence-electron chi connectivity index (χ0n) is 11.9. The molecule has 0 aromatic heterocycles. The number of nitrogens with zero attached hydrogens (tertiary/aromatic N) is 1. The van der Waals surface area contributed by atoms with Crippen molar-refractivity contribution >= 4 is 17.6 Å². The Hall–Kier alpha value is -1.88. The van der Waals surface area contributed by atoms with E-state index < -0.39 is 11.6 Å². The van der Waals surface area contributed by atoms with Gasteiger partial charge in [-0.3, -0.25) is 9.59 Å². The van der Waals surface area contributed by atoms with Crippen LogP contribution >= 0.6 is 0 Å².